The average molecular weight is 224 g/mol. The molecule has 0 bridgehead atoms. The van der Waals surface area contributed by atoms with Gasteiger partial charge in [-0.1, -0.05) is 0 Å². The first-order chi connectivity index (χ1) is 6.91. The topological polar surface area (TPSA) is 30.5 Å². The Kier molecular flexibility index (Phi) is 13.3. The summed E-state index contributed by atoms with van der Waals surface area (Å²) in [6.45, 7) is 4.31. The summed E-state index contributed by atoms with van der Waals surface area (Å²) >= 11 is 5.55. The Hall–Kier alpha value is 0.170. The second-order valence-corrected chi connectivity index (χ2v) is 3.48. The fourth-order valence-corrected chi connectivity index (χ4v) is 1.21. The first-order valence-corrected chi connectivity index (χ1v) is 5.78. The lowest BCUT2D eigenvalue weighted by molar-refractivity contribution is 0.104. The zero-order chi connectivity index (χ0) is 10.5. The van der Waals surface area contributed by atoms with Crippen LogP contribution in [0.25, 0.3) is 0 Å². The number of ether oxygens (including phenoxy) is 2. The summed E-state index contributed by atoms with van der Waals surface area (Å²) in [6, 6.07) is 0. The number of hydrogen-bond donors (Lipinski definition) is 1. The molecule has 0 atom stereocenters. The molecule has 0 fully saturated rings. The van der Waals surface area contributed by atoms with Crippen molar-refractivity contribution in [1.82, 2.24) is 5.32 Å². The van der Waals surface area contributed by atoms with Gasteiger partial charge in [-0.2, -0.15) is 0 Å². The number of unbranched alkanes of at least 4 members (excludes halogenated alkanes) is 1. The first kappa shape index (κ1) is 14.2. The molecule has 0 spiro atoms. The lowest BCUT2D eigenvalue weighted by Crippen LogP contribution is -2.21. The van der Waals surface area contributed by atoms with Gasteiger partial charge in [0, 0.05) is 32.7 Å². The van der Waals surface area contributed by atoms with E-state index in [0.29, 0.717) is 0 Å². The molecule has 14 heavy (non-hydrogen) atoms. The molecule has 0 saturated carbocycles. The third kappa shape index (κ3) is 12.2. The largest absolute Gasteiger partial charge is 0.385 e. The molecule has 4 heteroatoms. The van der Waals surface area contributed by atoms with E-state index >= 15 is 0 Å². The van der Waals surface area contributed by atoms with Gasteiger partial charge < -0.3 is 14.8 Å². The quantitative estimate of drug-likeness (QED) is 0.427. The van der Waals surface area contributed by atoms with Crippen LogP contribution in [0.5, 0.6) is 0 Å². The summed E-state index contributed by atoms with van der Waals surface area (Å²) in [6.07, 6.45) is 3.21. The highest BCUT2D eigenvalue weighted by Crippen LogP contribution is 1.89. The minimum atomic E-state index is 0.759. The zero-order valence-corrected chi connectivity index (χ0v) is 9.81. The molecule has 0 aromatic heterocycles. The number of nitrogens with one attached hydrogen (secondary N) is 1. The van der Waals surface area contributed by atoms with Crippen LogP contribution in [0.3, 0.4) is 0 Å². The van der Waals surface area contributed by atoms with Crippen molar-refractivity contribution >= 4 is 11.6 Å². The molecule has 0 aliphatic heterocycles. The molecule has 0 aliphatic rings. The van der Waals surface area contributed by atoms with Gasteiger partial charge in [0.05, 0.1) is 6.61 Å². The van der Waals surface area contributed by atoms with Gasteiger partial charge in [0.15, 0.2) is 0 Å². The fourth-order valence-electron chi connectivity index (χ4n) is 1.02. The van der Waals surface area contributed by atoms with E-state index in [9.17, 15) is 0 Å². The maximum Gasteiger partial charge on any atom is 0.0590 e. The molecule has 3 nitrogen and oxygen atoms in total. The number of rotatable bonds is 11. The molecule has 86 valence electrons. The van der Waals surface area contributed by atoms with Crippen LogP contribution in [-0.4, -0.2) is 45.9 Å². The van der Waals surface area contributed by atoms with E-state index in [-0.39, 0.29) is 0 Å². The van der Waals surface area contributed by atoms with E-state index in [0.717, 1.165) is 58.1 Å². The molecule has 0 aromatic rings. The van der Waals surface area contributed by atoms with Crippen molar-refractivity contribution in [2.45, 2.75) is 19.3 Å². The van der Waals surface area contributed by atoms with Crippen LogP contribution in [-0.2, 0) is 9.47 Å². The van der Waals surface area contributed by atoms with Crippen molar-refractivity contribution in [3.63, 3.8) is 0 Å². The Balaban J connectivity index is 2.78. The average Bonchev–Trinajstić information content (AvgIpc) is 2.21. The molecule has 0 amide bonds. The van der Waals surface area contributed by atoms with Crippen LogP contribution >= 0.6 is 11.6 Å². The molecule has 0 unspecified atom stereocenters. The Labute approximate surface area is 92.1 Å². The predicted molar refractivity (Wildman–Crippen MR) is 60.1 cm³/mol. The fraction of sp³-hybridized carbons (Fsp3) is 1.00. The third-order valence-corrected chi connectivity index (χ3v) is 2.06. The van der Waals surface area contributed by atoms with Gasteiger partial charge in [0.25, 0.3) is 0 Å². The van der Waals surface area contributed by atoms with Gasteiger partial charge in [0.2, 0.25) is 0 Å². The van der Waals surface area contributed by atoms with E-state index in [2.05, 4.69) is 5.32 Å². The summed E-state index contributed by atoms with van der Waals surface area (Å²) in [7, 11) is 1.71. The Bertz CT molecular complexity index is 92.1. The van der Waals surface area contributed by atoms with Crippen LogP contribution in [0.2, 0.25) is 0 Å². The van der Waals surface area contributed by atoms with Gasteiger partial charge in [-0.25, -0.2) is 0 Å². The Morgan fingerprint density at radius 3 is 2.57 bits per heavy atom. The van der Waals surface area contributed by atoms with Crippen LogP contribution in [0.4, 0.5) is 0 Å². The summed E-state index contributed by atoms with van der Waals surface area (Å²) in [4.78, 5) is 0. The van der Waals surface area contributed by atoms with Crippen molar-refractivity contribution < 1.29 is 9.47 Å². The Morgan fingerprint density at radius 1 is 1.00 bits per heavy atom. The lowest BCUT2D eigenvalue weighted by atomic mass is 10.3. The van der Waals surface area contributed by atoms with Crippen molar-refractivity contribution in [2.24, 2.45) is 0 Å². The second-order valence-electron chi connectivity index (χ2n) is 3.10. The maximum absolute atomic E-state index is 5.55. The number of halogens is 1. The zero-order valence-electron chi connectivity index (χ0n) is 9.06. The smallest absolute Gasteiger partial charge is 0.0590 e. The number of alkyl halides is 1. The highest BCUT2D eigenvalue weighted by atomic mass is 35.5. The summed E-state index contributed by atoms with van der Waals surface area (Å²) in [5, 5.41) is 3.30. The predicted octanol–water partition coefficient (Wildman–Crippen LogP) is 1.65. The molecule has 0 rings (SSSR count). The van der Waals surface area contributed by atoms with Crippen LogP contribution in [0.15, 0.2) is 0 Å². The lowest BCUT2D eigenvalue weighted by Gasteiger charge is -2.05. The minimum absolute atomic E-state index is 0.759. The monoisotopic (exact) mass is 223 g/mol. The molecule has 0 saturated heterocycles. The number of methoxy groups -OCH3 is 1. The first-order valence-electron chi connectivity index (χ1n) is 5.25. The normalized spacial score (nSPS) is 10.7. The highest BCUT2D eigenvalue weighted by molar-refractivity contribution is 6.17. The van der Waals surface area contributed by atoms with E-state index in [4.69, 9.17) is 21.1 Å². The molecule has 1 N–H and O–H groups in total. The number of hydrogen-bond acceptors (Lipinski definition) is 3. The standard InChI is InChI=1S/C10H22ClNO2/c1-13-8-4-9-14-10-7-12-6-3-2-5-11/h12H,2-10H2,1H3. The highest BCUT2D eigenvalue weighted by Gasteiger charge is 1.90. The SMILES string of the molecule is COCCCOCCNCCCCCl. The van der Waals surface area contributed by atoms with Gasteiger partial charge in [0.1, 0.15) is 0 Å². The summed E-state index contributed by atoms with van der Waals surface area (Å²) in [5.74, 6) is 0.759. The summed E-state index contributed by atoms with van der Waals surface area (Å²) < 4.78 is 10.3. The molecule has 0 aromatic carbocycles. The van der Waals surface area contributed by atoms with Gasteiger partial charge in [-0.05, 0) is 25.8 Å². The van der Waals surface area contributed by atoms with Crippen LogP contribution in [0.1, 0.15) is 19.3 Å². The maximum atomic E-state index is 5.55. The van der Waals surface area contributed by atoms with Gasteiger partial charge in [-0.3, -0.25) is 0 Å². The minimum Gasteiger partial charge on any atom is -0.385 e. The van der Waals surface area contributed by atoms with E-state index < -0.39 is 0 Å². The van der Waals surface area contributed by atoms with Crippen molar-refractivity contribution in [3.05, 3.63) is 0 Å². The van der Waals surface area contributed by atoms with Crippen molar-refractivity contribution in [3.8, 4) is 0 Å². The van der Waals surface area contributed by atoms with Crippen molar-refractivity contribution in [1.29, 1.82) is 0 Å². The Morgan fingerprint density at radius 2 is 1.86 bits per heavy atom. The summed E-state index contributed by atoms with van der Waals surface area (Å²) in [5.41, 5.74) is 0. The van der Waals surface area contributed by atoms with Gasteiger partial charge >= 0.3 is 0 Å². The molecule has 0 aliphatic carbocycles. The van der Waals surface area contributed by atoms with Crippen molar-refractivity contribution in [2.75, 3.05) is 45.9 Å². The molecule has 0 radical (unpaired) electrons. The van der Waals surface area contributed by atoms with Crippen LogP contribution in [0, 0.1) is 0 Å². The van der Waals surface area contributed by atoms with E-state index in [1.807, 2.05) is 0 Å². The third-order valence-electron chi connectivity index (χ3n) is 1.80. The molecular formula is C10H22ClNO2. The van der Waals surface area contributed by atoms with Crippen LogP contribution < -0.4 is 5.32 Å². The van der Waals surface area contributed by atoms with Gasteiger partial charge in [-0.15, -0.1) is 11.6 Å². The molecule has 0 heterocycles. The second kappa shape index (κ2) is 13.2. The van der Waals surface area contributed by atoms with E-state index in [1.165, 1.54) is 0 Å². The molecular weight excluding hydrogens is 202 g/mol. The van der Waals surface area contributed by atoms with E-state index in [1.54, 1.807) is 7.11 Å².